The maximum absolute atomic E-state index is 10.6. The molecule has 0 radical (unpaired) electrons. The fraction of sp³-hybridized carbons (Fsp3) is 0.100. The normalized spacial score (nSPS) is 11.0. The third-order valence-corrected chi connectivity index (χ3v) is 3.38. The summed E-state index contributed by atoms with van der Waals surface area (Å²) >= 11 is 7.87. The molecule has 0 saturated heterocycles. The van der Waals surface area contributed by atoms with Crippen LogP contribution < -0.4 is 0 Å². The molecule has 90 valence electrons. The van der Waals surface area contributed by atoms with Gasteiger partial charge in [-0.05, 0) is 40.8 Å². The van der Waals surface area contributed by atoms with Gasteiger partial charge in [-0.25, -0.2) is 0 Å². The molecule has 2 N–H and O–H groups in total. The Labute approximate surface area is 115 Å². The molecule has 0 amide bonds. The van der Waals surface area contributed by atoms with E-state index in [4.69, 9.17) is 21.8 Å². The lowest BCUT2D eigenvalue weighted by Crippen LogP contribution is -2.24. The fourth-order valence-electron chi connectivity index (χ4n) is 0.959. The van der Waals surface area contributed by atoms with Crippen molar-refractivity contribution in [1.82, 2.24) is 0 Å². The average Bonchev–Trinajstić information content (AvgIpc) is 2.22. The number of carbonyl (C=O) groups is 2. The Balaban J connectivity index is 2.92. The van der Waals surface area contributed by atoms with Crippen molar-refractivity contribution in [2.45, 2.75) is 0 Å². The molecule has 0 unspecified atom stereocenters. The molecule has 1 aromatic rings. The zero-order chi connectivity index (χ0) is 13.0. The maximum Gasteiger partial charge on any atom is 0.323 e. The smallest absolute Gasteiger partial charge is 0.323 e. The van der Waals surface area contributed by atoms with Gasteiger partial charge in [-0.3, -0.25) is 14.6 Å². The number of aliphatic imine (C=N–C) groups is 1. The molecule has 0 aliphatic carbocycles. The van der Waals surface area contributed by atoms with E-state index in [9.17, 15) is 9.59 Å². The summed E-state index contributed by atoms with van der Waals surface area (Å²) in [6.45, 7) is 0. The molecule has 17 heavy (non-hydrogen) atoms. The van der Waals surface area contributed by atoms with Crippen LogP contribution in [0.15, 0.2) is 23.2 Å². The van der Waals surface area contributed by atoms with Crippen molar-refractivity contribution >= 4 is 58.0 Å². The van der Waals surface area contributed by atoms with E-state index in [2.05, 4.69) is 4.99 Å². The second kappa shape index (κ2) is 5.97. The van der Waals surface area contributed by atoms with E-state index >= 15 is 0 Å². The Bertz CT molecular complexity index is 475. The molecule has 1 rings (SSSR count). The lowest BCUT2D eigenvalue weighted by atomic mass is 10.2. The quantitative estimate of drug-likeness (QED) is 0.486. The van der Waals surface area contributed by atoms with Gasteiger partial charge in [0.2, 0.25) is 0 Å². The molecular formula is C10H7ClINO4. The topological polar surface area (TPSA) is 87.0 Å². The average molecular weight is 368 g/mol. The summed E-state index contributed by atoms with van der Waals surface area (Å²) in [5.41, 5.74) is 0.405. The van der Waals surface area contributed by atoms with Crippen LogP contribution in [0.2, 0.25) is 5.02 Å². The molecule has 0 aliphatic rings. The minimum atomic E-state index is -1.66. The van der Waals surface area contributed by atoms with Crippen molar-refractivity contribution < 1.29 is 19.8 Å². The van der Waals surface area contributed by atoms with Crippen LogP contribution in [-0.2, 0) is 9.59 Å². The van der Waals surface area contributed by atoms with E-state index in [1.54, 1.807) is 12.1 Å². The van der Waals surface area contributed by atoms with Gasteiger partial charge in [0, 0.05) is 9.78 Å². The number of aliphatic carboxylic acids is 2. The number of rotatable bonds is 4. The summed E-state index contributed by atoms with van der Waals surface area (Å²) in [6, 6.07) is 4.84. The number of benzene rings is 1. The van der Waals surface area contributed by atoms with Crippen LogP contribution in [0.1, 0.15) is 0 Å². The van der Waals surface area contributed by atoms with Gasteiger partial charge in [0.1, 0.15) is 0 Å². The second-order valence-corrected chi connectivity index (χ2v) is 4.60. The van der Waals surface area contributed by atoms with E-state index in [0.29, 0.717) is 10.7 Å². The van der Waals surface area contributed by atoms with Crippen LogP contribution in [0.5, 0.6) is 0 Å². The van der Waals surface area contributed by atoms with Gasteiger partial charge in [0.25, 0.3) is 0 Å². The van der Waals surface area contributed by atoms with Crippen LogP contribution in [0.25, 0.3) is 0 Å². The Morgan fingerprint density at radius 1 is 1.35 bits per heavy atom. The highest BCUT2D eigenvalue weighted by Crippen LogP contribution is 2.23. The van der Waals surface area contributed by atoms with Crippen molar-refractivity contribution in [3.63, 3.8) is 0 Å². The van der Waals surface area contributed by atoms with Gasteiger partial charge in [-0.2, -0.15) is 0 Å². The molecule has 0 fully saturated rings. The first-order valence-corrected chi connectivity index (χ1v) is 5.82. The zero-order valence-corrected chi connectivity index (χ0v) is 11.2. The van der Waals surface area contributed by atoms with Crippen LogP contribution in [0, 0.1) is 9.49 Å². The molecule has 0 aromatic heterocycles. The predicted octanol–water partition coefficient (Wildman–Crippen LogP) is 2.43. The molecule has 1 aromatic carbocycles. The SMILES string of the molecule is O=C(O)C(/C=N/c1ccc(I)c(Cl)c1)C(=O)O. The second-order valence-electron chi connectivity index (χ2n) is 3.03. The molecule has 0 spiro atoms. The third-order valence-electron chi connectivity index (χ3n) is 1.81. The summed E-state index contributed by atoms with van der Waals surface area (Å²) in [7, 11) is 0. The number of carboxylic acid groups (broad SMARTS) is 2. The standard InChI is InChI=1S/C10H7ClINO4/c11-7-3-5(1-2-8(7)12)13-4-6(9(14)15)10(16)17/h1-4,6H,(H,14,15)(H,16,17)/b13-4+. The van der Waals surface area contributed by atoms with Crippen molar-refractivity contribution in [2.24, 2.45) is 10.9 Å². The lowest BCUT2D eigenvalue weighted by molar-refractivity contribution is -0.150. The van der Waals surface area contributed by atoms with Gasteiger partial charge in [0.15, 0.2) is 5.92 Å². The number of hydrogen-bond acceptors (Lipinski definition) is 3. The van der Waals surface area contributed by atoms with Crippen molar-refractivity contribution in [2.75, 3.05) is 0 Å². The third kappa shape index (κ3) is 3.97. The Morgan fingerprint density at radius 3 is 2.41 bits per heavy atom. The molecule has 0 atom stereocenters. The Hall–Kier alpha value is -1.15. The summed E-state index contributed by atoms with van der Waals surface area (Å²) < 4.78 is 0.830. The van der Waals surface area contributed by atoms with Crippen molar-refractivity contribution in [3.8, 4) is 0 Å². The van der Waals surface area contributed by atoms with E-state index in [0.717, 1.165) is 9.78 Å². The number of hydrogen-bond donors (Lipinski definition) is 2. The van der Waals surface area contributed by atoms with E-state index in [1.807, 2.05) is 22.6 Å². The predicted molar refractivity (Wildman–Crippen MR) is 71.1 cm³/mol. The minimum absolute atomic E-state index is 0.405. The Morgan fingerprint density at radius 2 is 1.94 bits per heavy atom. The largest absolute Gasteiger partial charge is 0.480 e. The van der Waals surface area contributed by atoms with Gasteiger partial charge in [-0.1, -0.05) is 11.6 Å². The summed E-state index contributed by atoms with van der Waals surface area (Å²) in [6.07, 6.45) is 0.864. The van der Waals surface area contributed by atoms with Crippen molar-refractivity contribution in [1.29, 1.82) is 0 Å². The van der Waals surface area contributed by atoms with Crippen LogP contribution in [-0.4, -0.2) is 28.4 Å². The molecule has 0 heterocycles. The van der Waals surface area contributed by atoms with Crippen LogP contribution in [0.3, 0.4) is 0 Å². The molecule has 0 bridgehead atoms. The first-order valence-electron chi connectivity index (χ1n) is 4.36. The number of nitrogens with zero attached hydrogens (tertiary/aromatic N) is 1. The lowest BCUT2D eigenvalue weighted by Gasteiger charge is -2.01. The minimum Gasteiger partial charge on any atom is -0.480 e. The fourth-order valence-corrected chi connectivity index (χ4v) is 1.47. The Kier molecular flexibility index (Phi) is 4.88. The zero-order valence-electron chi connectivity index (χ0n) is 8.30. The maximum atomic E-state index is 10.6. The highest BCUT2D eigenvalue weighted by Gasteiger charge is 2.23. The van der Waals surface area contributed by atoms with Crippen LogP contribution in [0.4, 0.5) is 5.69 Å². The van der Waals surface area contributed by atoms with Gasteiger partial charge < -0.3 is 10.2 Å². The number of halogens is 2. The first-order chi connectivity index (χ1) is 7.91. The van der Waals surface area contributed by atoms with Crippen LogP contribution >= 0.6 is 34.2 Å². The molecule has 0 aliphatic heterocycles. The molecule has 7 heteroatoms. The summed E-state index contributed by atoms with van der Waals surface area (Å²) in [4.78, 5) is 24.9. The highest BCUT2D eigenvalue weighted by atomic mass is 127. The highest BCUT2D eigenvalue weighted by molar-refractivity contribution is 14.1. The molecule has 5 nitrogen and oxygen atoms in total. The van der Waals surface area contributed by atoms with Gasteiger partial charge in [-0.15, -0.1) is 0 Å². The molecular weight excluding hydrogens is 360 g/mol. The van der Waals surface area contributed by atoms with Gasteiger partial charge in [0.05, 0.1) is 10.7 Å². The van der Waals surface area contributed by atoms with E-state index in [-0.39, 0.29) is 0 Å². The monoisotopic (exact) mass is 367 g/mol. The summed E-state index contributed by atoms with van der Waals surface area (Å²) in [5.74, 6) is -4.58. The number of carboxylic acids is 2. The molecule has 0 saturated carbocycles. The van der Waals surface area contributed by atoms with E-state index < -0.39 is 17.9 Å². The van der Waals surface area contributed by atoms with Gasteiger partial charge >= 0.3 is 11.9 Å². The van der Waals surface area contributed by atoms with Crippen molar-refractivity contribution in [3.05, 3.63) is 26.8 Å². The summed E-state index contributed by atoms with van der Waals surface area (Å²) in [5, 5.41) is 17.7. The first kappa shape index (κ1) is 13.9. The van der Waals surface area contributed by atoms with E-state index in [1.165, 1.54) is 6.07 Å².